The van der Waals surface area contributed by atoms with E-state index in [1.54, 1.807) is 36.4 Å². The highest BCUT2D eigenvalue weighted by atomic mass is 16.3. The lowest BCUT2D eigenvalue weighted by Gasteiger charge is -2.28. The highest BCUT2D eigenvalue weighted by Crippen LogP contribution is 2.31. The summed E-state index contributed by atoms with van der Waals surface area (Å²) in [6.45, 7) is 4.15. The molecule has 5 aromatic rings. The Labute approximate surface area is 231 Å². The molecule has 0 N–H and O–H groups in total. The third kappa shape index (κ3) is 4.78. The number of fused-ring (bicyclic) bond motifs is 1. The number of amides is 3. The van der Waals surface area contributed by atoms with Gasteiger partial charge in [-0.25, -0.2) is 9.88 Å². The summed E-state index contributed by atoms with van der Waals surface area (Å²) in [5, 5.41) is 0. The molecule has 198 valence electrons. The molecule has 7 heteroatoms. The number of aryl methyl sites for hydroxylation is 2. The van der Waals surface area contributed by atoms with Crippen LogP contribution in [0.4, 0.5) is 5.69 Å². The smallest absolute Gasteiger partial charge is 0.257 e. The lowest BCUT2D eigenvalue weighted by atomic mass is 10.1. The minimum absolute atomic E-state index is 0.0881. The molecular weight excluding hydrogens is 502 g/mol. The zero-order valence-corrected chi connectivity index (χ0v) is 22.2. The SMILES string of the molecule is Cc1ccc(CN(C(=O)c2ccc(C)cc2)C2CC(=O)N(c3ccc(-c4nc5ccccc5o4)cc3)C2=O)cc1. The molecule has 2 heterocycles. The fraction of sp³-hybridized carbons (Fsp3) is 0.152. The number of benzene rings is 4. The average Bonchev–Trinajstić information content (AvgIpc) is 3.53. The maximum atomic E-state index is 13.7. The van der Waals surface area contributed by atoms with Crippen LogP contribution in [0.2, 0.25) is 0 Å². The second kappa shape index (κ2) is 10.3. The Morgan fingerprint density at radius 3 is 2.20 bits per heavy atom. The summed E-state index contributed by atoms with van der Waals surface area (Å²) in [5.41, 5.74) is 6.08. The van der Waals surface area contributed by atoms with E-state index in [4.69, 9.17) is 4.42 Å². The van der Waals surface area contributed by atoms with Crippen LogP contribution < -0.4 is 4.90 Å². The van der Waals surface area contributed by atoms with Crippen LogP contribution in [0.25, 0.3) is 22.6 Å². The van der Waals surface area contributed by atoms with Crippen LogP contribution in [0.15, 0.2) is 101 Å². The number of anilines is 1. The van der Waals surface area contributed by atoms with Gasteiger partial charge in [0.1, 0.15) is 11.6 Å². The third-order valence-electron chi connectivity index (χ3n) is 7.20. The Hall–Kier alpha value is -5.04. The molecule has 1 saturated heterocycles. The van der Waals surface area contributed by atoms with Crippen molar-refractivity contribution in [2.75, 3.05) is 4.90 Å². The van der Waals surface area contributed by atoms with Crippen LogP contribution in [-0.4, -0.2) is 33.6 Å². The fourth-order valence-electron chi connectivity index (χ4n) is 4.96. The van der Waals surface area contributed by atoms with Crippen molar-refractivity contribution in [2.24, 2.45) is 0 Å². The van der Waals surface area contributed by atoms with Gasteiger partial charge in [0.05, 0.1) is 12.1 Å². The van der Waals surface area contributed by atoms with Crippen LogP contribution in [0.5, 0.6) is 0 Å². The lowest BCUT2D eigenvalue weighted by molar-refractivity contribution is -0.122. The predicted octanol–water partition coefficient (Wildman–Crippen LogP) is 6.09. The monoisotopic (exact) mass is 529 g/mol. The van der Waals surface area contributed by atoms with Gasteiger partial charge in [0.25, 0.3) is 11.8 Å². The van der Waals surface area contributed by atoms with Crippen molar-refractivity contribution >= 4 is 34.5 Å². The fourth-order valence-corrected chi connectivity index (χ4v) is 4.96. The van der Waals surface area contributed by atoms with Crippen molar-refractivity contribution < 1.29 is 18.8 Å². The van der Waals surface area contributed by atoms with Gasteiger partial charge in [-0.3, -0.25) is 14.4 Å². The Morgan fingerprint density at radius 1 is 0.875 bits per heavy atom. The number of nitrogens with zero attached hydrogens (tertiary/aromatic N) is 3. The molecule has 1 atom stereocenters. The number of imide groups is 1. The maximum Gasteiger partial charge on any atom is 0.257 e. The van der Waals surface area contributed by atoms with Crippen molar-refractivity contribution in [1.82, 2.24) is 9.88 Å². The molecule has 1 aliphatic heterocycles. The first-order valence-corrected chi connectivity index (χ1v) is 13.1. The van der Waals surface area contributed by atoms with E-state index in [2.05, 4.69) is 4.98 Å². The highest BCUT2D eigenvalue weighted by molar-refractivity contribution is 6.23. The molecule has 6 rings (SSSR count). The average molecular weight is 530 g/mol. The first-order valence-electron chi connectivity index (χ1n) is 13.1. The lowest BCUT2D eigenvalue weighted by Crippen LogP contribution is -2.45. The molecule has 0 saturated carbocycles. The Bertz CT molecular complexity index is 1690. The molecule has 1 fully saturated rings. The summed E-state index contributed by atoms with van der Waals surface area (Å²) < 4.78 is 5.85. The first kappa shape index (κ1) is 25.2. The normalized spacial score (nSPS) is 15.2. The second-order valence-electron chi connectivity index (χ2n) is 10.1. The standard InChI is InChI=1S/C33H27N3O4/c1-21-7-11-23(12-8-21)20-35(32(38)25-13-9-22(2)10-14-25)28-19-30(37)36(33(28)39)26-17-15-24(16-18-26)31-34-27-5-3-4-6-29(27)40-31/h3-18,28H,19-20H2,1-2H3. The molecule has 1 unspecified atom stereocenters. The third-order valence-corrected chi connectivity index (χ3v) is 7.20. The Kier molecular flexibility index (Phi) is 6.48. The van der Waals surface area contributed by atoms with Gasteiger partial charge in [0, 0.05) is 17.7 Å². The number of oxazole rings is 1. The van der Waals surface area contributed by atoms with Gasteiger partial charge in [-0.2, -0.15) is 0 Å². The first-order chi connectivity index (χ1) is 19.4. The zero-order valence-electron chi connectivity index (χ0n) is 22.2. The van der Waals surface area contributed by atoms with Crippen molar-refractivity contribution in [3.05, 3.63) is 119 Å². The minimum Gasteiger partial charge on any atom is -0.436 e. The van der Waals surface area contributed by atoms with E-state index < -0.39 is 11.9 Å². The van der Waals surface area contributed by atoms with E-state index in [1.807, 2.05) is 74.5 Å². The van der Waals surface area contributed by atoms with Gasteiger partial charge in [-0.1, -0.05) is 59.7 Å². The van der Waals surface area contributed by atoms with Crippen molar-refractivity contribution in [1.29, 1.82) is 0 Å². The number of carbonyl (C=O) groups is 3. The van der Waals surface area contributed by atoms with E-state index in [0.29, 0.717) is 22.7 Å². The highest BCUT2D eigenvalue weighted by Gasteiger charge is 2.44. The summed E-state index contributed by atoms with van der Waals surface area (Å²) in [4.78, 5) is 47.9. The van der Waals surface area contributed by atoms with Gasteiger partial charge in [-0.05, 0) is 67.9 Å². The molecule has 4 aromatic carbocycles. The molecule has 7 nitrogen and oxygen atoms in total. The quantitative estimate of drug-likeness (QED) is 0.249. The minimum atomic E-state index is -0.917. The van der Waals surface area contributed by atoms with Gasteiger partial charge in [-0.15, -0.1) is 0 Å². The molecule has 40 heavy (non-hydrogen) atoms. The van der Waals surface area contributed by atoms with Crippen molar-refractivity contribution in [2.45, 2.75) is 32.9 Å². The van der Waals surface area contributed by atoms with E-state index in [9.17, 15) is 14.4 Å². The summed E-state index contributed by atoms with van der Waals surface area (Å²) >= 11 is 0. The number of hydrogen-bond donors (Lipinski definition) is 0. The largest absolute Gasteiger partial charge is 0.436 e. The van der Waals surface area contributed by atoms with Crippen LogP contribution in [0.3, 0.4) is 0 Å². The molecule has 0 aliphatic carbocycles. The van der Waals surface area contributed by atoms with Crippen LogP contribution in [0.1, 0.15) is 33.5 Å². The topological polar surface area (TPSA) is 83.7 Å². The molecule has 3 amide bonds. The van der Waals surface area contributed by atoms with Gasteiger partial charge >= 0.3 is 0 Å². The van der Waals surface area contributed by atoms with Crippen molar-refractivity contribution in [3.8, 4) is 11.5 Å². The molecule has 0 bridgehead atoms. The van der Waals surface area contributed by atoms with Crippen LogP contribution in [-0.2, 0) is 16.1 Å². The van der Waals surface area contributed by atoms with Crippen molar-refractivity contribution in [3.63, 3.8) is 0 Å². The van der Waals surface area contributed by atoms with Gasteiger partial charge < -0.3 is 9.32 Å². The zero-order chi connectivity index (χ0) is 27.8. The number of rotatable bonds is 6. The molecule has 1 aromatic heterocycles. The molecule has 0 radical (unpaired) electrons. The van der Waals surface area contributed by atoms with Crippen LogP contribution in [0, 0.1) is 13.8 Å². The molecule has 0 spiro atoms. The van der Waals surface area contributed by atoms with Gasteiger partial charge in [0.15, 0.2) is 5.58 Å². The van der Waals surface area contributed by atoms with Crippen LogP contribution >= 0.6 is 0 Å². The number of aromatic nitrogens is 1. The summed E-state index contributed by atoms with van der Waals surface area (Å²) in [6.07, 6.45) is -0.0881. The summed E-state index contributed by atoms with van der Waals surface area (Å²) in [7, 11) is 0. The summed E-state index contributed by atoms with van der Waals surface area (Å²) in [5.74, 6) is -0.611. The molecule has 1 aliphatic rings. The number of para-hydroxylation sites is 2. The van der Waals surface area contributed by atoms with E-state index in [1.165, 1.54) is 9.80 Å². The predicted molar refractivity (Wildman–Crippen MR) is 153 cm³/mol. The van der Waals surface area contributed by atoms with E-state index in [-0.39, 0.29) is 24.8 Å². The Morgan fingerprint density at radius 2 is 1.52 bits per heavy atom. The maximum absolute atomic E-state index is 13.7. The Balaban J connectivity index is 1.29. The van der Waals surface area contributed by atoms with Gasteiger partial charge in [0.2, 0.25) is 11.8 Å². The van der Waals surface area contributed by atoms with E-state index in [0.717, 1.165) is 27.8 Å². The number of carbonyl (C=O) groups excluding carboxylic acids is 3. The molecular formula is C33H27N3O4. The van der Waals surface area contributed by atoms with E-state index >= 15 is 0 Å². The second-order valence-corrected chi connectivity index (χ2v) is 10.1. The number of hydrogen-bond acceptors (Lipinski definition) is 5. The summed E-state index contributed by atoms with van der Waals surface area (Å²) in [6, 6.07) is 28.6.